The Labute approximate surface area is 79.7 Å². The summed E-state index contributed by atoms with van der Waals surface area (Å²) in [7, 11) is 0. The van der Waals surface area contributed by atoms with E-state index in [1.54, 1.807) is 6.33 Å². The Bertz CT molecular complexity index is 279. The van der Waals surface area contributed by atoms with E-state index in [-0.39, 0.29) is 0 Å². The molecule has 0 radical (unpaired) electrons. The number of rotatable bonds is 4. The van der Waals surface area contributed by atoms with Crippen LogP contribution in [-0.4, -0.2) is 9.97 Å². The van der Waals surface area contributed by atoms with E-state index in [4.69, 9.17) is 0 Å². The monoisotopic (exact) mass is 176 g/mol. The highest BCUT2D eigenvalue weighted by Gasteiger charge is 2.01. The summed E-state index contributed by atoms with van der Waals surface area (Å²) < 4.78 is 0. The fourth-order valence-electron chi connectivity index (χ4n) is 1.12. The fraction of sp³-hybridized carbons (Fsp3) is 0.455. The van der Waals surface area contributed by atoms with Crippen molar-refractivity contribution >= 4 is 0 Å². The molecule has 0 atom stereocenters. The quantitative estimate of drug-likeness (QED) is 0.659. The lowest BCUT2D eigenvalue weighted by Crippen LogP contribution is -1.97. The van der Waals surface area contributed by atoms with E-state index < -0.39 is 0 Å². The molecule has 0 saturated heterocycles. The Kier molecular flexibility index (Phi) is 3.62. The number of nitrogens with zero attached hydrogens (tertiary/aromatic N) is 2. The molecule has 2 nitrogen and oxygen atoms in total. The molecule has 1 rings (SSSR count). The zero-order valence-electron chi connectivity index (χ0n) is 8.33. The van der Waals surface area contributed by atoms with Gasteiger partial charge >= 0.3 is 0 Å². The summed E-state index contributed by atoms with van der Waals surface area (Å²) in [4.78, 5) is 8.41. The van der Waals surface area contributed by atoms with Crippen molar-refractivity contribution in [2.45, 2.75) is 32.6 Å². The Hall–Kier alpha value is -1.18. The average molecular weight is 176 g/mol. The van der Waals surface area contributed by atoms with Crippen LogP contribution in [0.2, 0.25) is 0 Å². The van der Waals surface area contributed by atoms with Crippen molar-refractivity contribution in [1.82, 2.24) is 9.97 Å². The maximum absolute atomic E-state index is 4.21. The van der Waals surface area contributed by atoms with Crippen LogP contribution in [0.25, 0.3) is 0 Å². The van der Waals surface area contributed by atoms with Crippen LogP contribution in [-0.2, 0) is 6.42 Å². The van der Waals surface area contributed by atoms with Crippen LogP contribution in [0.5, 0.6) is 0 Å². The van der Waals surface area contributed by atoms with Crippen molar-refractivity contribution in [3.63, 3.8) is 0 Å². The summed E-state index contributed by atoms with van der Waals surface area (Å²) in [6, 6.07) is 2.08. The first-order valence-corrected chi connectivity index (χ1v) is 4.65. The summed E-state index contributed by atoms with van der Waals surface area (Å²) in [5, 5.41) is 0. The molecule has 0 aliphatic rings. The van der Waals surface area contributed by atoms with Gasteiger partial charge in [-0.15, -0.1) is 6.58 Å². The van der Waals surface area contributed by atoms with Crippen LogP contribution in [0.15, 0.2) is 25.0 Å². The molecule has 0 aromatic carbocycles. The van der Waals surface area contributed by atoms with Gasteiger partial charge < -0.3 is 0 Å². The fourth-order valence-corrected chi connectivity index (χ4v) is 1.12. The minimum Gasteiger partial charge on any atom is -0.241 e. The van der Waals surface area contributed by atoms with E-state index in [2.05, 4.69) is 36.5 Å². The third kappa shape index (κ3) is 2.98. The molecule has 1 aromatic heterocycles. The second-order valence-corrected chi connectivity index (χ2v) is 3.42. The van der Waals surface area contributed by atoms with Gasteiger partial charge in [-0.2, -0.15) is 0 Å². The molecular weight excluding hydrogens is 160 g/mol. The van der Waals surface area contributed by atoms with Crippen molar-refractivity contribution in [1.29, 1.82) is 0 Å². The molecule has 0 spiro atoms. The van der Waals surface area contributed by atoms with Crippen LogP contribution in [0.4, 0.5) is 0 Å². The predicted octanol–water partition coefficient (Wildman–Crippen LogP) is 2.72. The first kappa shape index (κ1) is 9.90. The smallest absolute Gasteiger partial charge is 0.115 e. The second-order valence-electron chi connectivity index (χ2n) is 3.42. The zero-order valence-corrected chi connectivity index (χ0v) is 8.33. The molecule has 0 aliphatic heterocycles. The molecule has 0 bridgehead atoms. The molecule has 0 unspecified atom stereocenters. The van der Waals surface area contributed by atoms with Crippen LogP contribution in [0.3, 0.4) is 0 Å². The molecule has 2 heteroatoms. The van der Waals surface area contributed by atoms with E-state index in [0.717, 1.165) is 24.2 Å². The molecule has 70 valence electrons. The molecule has 0 saturated carbocycles. The highest BCUT2D eigenvalue weighted by atomic mass is 14.8. The lowest BCUT2D eigenvalue weighted by atomic mass is 10.1. The summed E-state index contributed by atoms with van der Waals surface area (Å²) in [5.74, 6) is 0.477. The summed E-state index contributed by atoms with van der Waals surface area (Å²) >= 11 is 0. The molecular formula is C11H16N2. The first-order valence-electron chi connectivity index (χ1n) is 4.65. The topological polar surface area (TPSA) is 25.8 Å². The second kappa shape index (κ2) is 4.75. The standard InChI is InChI=1S/C11H16N2/c1-4-5-6-10-7-11(9(2)3)13-8-12-10/h4,7-9H,1,5-6H2,2-3H3. The SMILES string of the molecule is C=CCCc1cc(C(C)C)ncn1. The van der Waals surface area contributed by atoms with Gasteiger partial charge in [0, 0.05) is 11.4 Å². The van der Waals surface area contributed by atoms with Crippen molar-refractivity contribution in [3.05, 3.63) is 36.4 Å². The molecule has 0 amide bonds. The van der Waals surface area contributed by atoms with E-state index >= 15 is 0 Å². The molecule has 1 aromatic rings. The van der Waals surface area contributed by atoms with Gasteiger partial charge in [0.25, 0.3) is 0 Å². The highest BCUT2D eigenvalue weighted by Crippen LogP contribution is 2.11. The predicted molar refractivity (Wildman–Crippen MR) is 54.6 cm³/mol. The molecule has 0 fully saturated rings. The van der Waals surface area contributed by atoms with Gasteiger partial charge in [0.15, 0.2) is 0 Å². The van der Waals surface area contributed by atoms with E-state index in [1.165, 1.54) is 0 Å². The normalized spacial score (nSPS) is 10.4. The van der Waals surface area contributed by atoms with Crippen molar-refractivity contribution in [2.75, 3.05) is 0 Å². The van der Waals surface area contributed by atoms with E-state index in [1.807, 2.05) is 6.08 Å². The van der Waals surface area contributed by atoms with E-state index in [9.17, 15) is 0 Å². The van der Waals surface area contributed by atoms with Gasteiger partial charge in [0.05, 0.1) is 0 Å². The average Bonchev–Trinajstić information content (AvgIpc) is 2.15. The third-order valence-corrected chi connectivity index (χ3v) is 1.94. The van der Waals surface area contributed by atoms with E-state index in [0.29, 0.717) is 5.92 Å². The van der Waals surface area contributed by atoms with Gasteiger partial charge in [-0.05, 0) is 24.8 Å². The lowest BCUT2D eigenvalue weighted by Gasteiger charge is -2.04. The van der Waals surface area contributed by atoms with Crippen molar-refractivity contribution < 1.29 is 0 Å². The van der Waals surface area contributed by atoms with Gasteiger partial charge in [-0.1, -0.05) is 19.9 Å². The third-order valence-electron chi connectivity index (χ3n) is 1.94. The van der Waals surface area contributed by atoms with Crippen LogP contribution in [0, 0.1) is 0 Å². The lowest BCUT2D eigenvalue weighted by molar-refractivity contribution is 0.797. The number of hydrogen-bond acceptors (Lipinski definition) is 2. The summed E-state index contributed by atoms with van der Waals surface area (Å²) in [6.45, 7) is 7.97. The Morgan fingerprint density at radius 2 is 2.23 bits per heavy atom. The Morgan fingerprint density at radius 3 is 2.85 bits per heavy atom. The Morgan fingerprint density at radius 1 is 1.46 bits per heavy atom. The number of allylic oxidation sites excluding steroid dienone is 1. The molecule has 13 heavy (non-hydrogen) atoms. The maximum Gasteiger partial charge on any atom is 0.115 e. The van der Waals surface area contributed by atoms with Gasteiger partial charge in [0.1, 0.15) is 6.33 Å². The zero-order chi connectivity index (χ0) is 9.68. The summed E-state index contributed by atoms with van der Waals surface area (Å²) in [5.41, 5.74) is 2.23. The van der Waals surface area contributed by atoms with Gasteiger partial charge in [0.2, 0.25) is 0 Å². The molecule has 0 aliphatic carbocycles. The van der Waals surface area contributed by atoms with Crippen molar-refractivity contribution in [3.8, 4) is 0 Å². The van der Waals surface area contributed by atoms with Gasteiger partial charge in [-0.3, -0.25) is 0 Å². The van der Waals surface area contributed by atoms with Crippen LogP contribution in [0.1, 0.15) is 37.6 Å². The van der Waals surface area contributed by atoms with Gasteiger partial charge in [-0.25, -0.2) is 9.97 Å². The summed E-state index contributed by atoms with van der Waals surface area (Å²) in [6.07, 6.45) is 5.51. The van der Waals surface area contributed by atoms with Crippen LogP contribution < -0.4 is 0 Å². The number of aryl methyl sites for hydroxylation is 1. The number of hydrogen-bond donors (Lipinski definition) is 0. The van der Waals surface area contributed by atoms with Crippen molar-refractivity contribution in [2.24, 2.45) is 0 Å². The highest BCUT2D eigenvalue weighted by molar-refractivity contribution is 5.11. The minimum atomic E-state index is 0.477. The molecule has 0 N–H and O–H groups in total. The maximum atomic E-state index is 4.21. The number of aromatic nitrogens is 2. The molecule has 1 heterocycles. The largest absolute Gasteiger partial charge is 0.241 e. The Balaban J connectivity index is 2.73. The minimum absolute atomic E-state index is 0.477. The van der Waals surface area contributed by atoms with Crippen LogP contribution >= 0.6 is 0 Å². The first-order chi connectivity index (χ1) is 6.24.